The molecule has 0 aromatic rings. The molecule has 1 N–H and O–H groups in total. The van der Waals surface area contributed by atoms with Crippen LogP contribution in [0, 0.1) is 0 Å². The second-order valence-corrected chi connectivity index (χ2v) is 3.53. The second-order valence-electron chi connectivity index (χ2n) is 3.16. The van der Waals surface area contributed by atoms with Crippen molar-refractivity contribution in [2.24, 2.45) is 0 Å². The molecule has 12 heavy (non-hydrogen) atoms. The maximum atomic E-state index is 11.0. The van der Waals surface area contributed by atoms with Gasteiger partial charge < -0.3 is 14.7 Å². The highest BCUT2D eigenvalue weighted by molar-refractivity contribution is 6.18. The van der Waals surface area contributed by atoms with Crippen LogP contribution in [0.5, 0.6) is 0 Å². The van der Waals surface area contributed by atoms with Crippen molar-refractivity contribution in [1.82, 2.24) is 4.90 Å². The molecular formula is C7H12ClNO3. The van der Waals surface area contributed by atoms with E-state index in [1.165, 1.54) is 4.90 Å². The van der Waals surface area contributed by atoms with Crippen LogP contribution in [-0.2, 0) is 4.74 Å². The van der Waals surface area contributed by atoms with Gasteiger partial charge in [0.2, 0.25) is 0 Å². The van der Waals surface area contributed by atoms with Crippen molar-refractivity contribution in [3.63, 3.8) is 0 Å². The second kappa shape index (κ2) is 3.49. The summed E-state index contributed by atoms with van der Waals surface area (Å²) in [6, 6.07) is 0. The third-order valence-corrected chi connectivity index (χ3v) is 1.78. The molecular weight excluding hydrogens is 182 g/mol. The van der Waals surface area contributed by atoms with Gasteiger partial charge in [0.05, 0.1) is 24.6 Å². The van der Waals surface area contributed by atoms with Gasteiger partial charge in [0, 0.05) is 0 Å². The Morgan fingerprint density at radius 2 is 2.33 bits per heavy atom. The number of alkyl halides is 1. The molecule has 1 amide bonds. The van der Waals surface area contributed by atoms with Crippen LogP contribution in [-0.4, -0.2) is 47.3 Å². The minimum atomic E-state index is -0.736. The summed E-state index contributed by atoms with van der Waals surface area (Å²) >= 11 is 5.32. The van der Waals surface area contributed by atoms with E-state index in [9.17, 15) is 9.90 Å². The first-order valence-corrected chi connectivity index (χ1v) is 4.29. The first-order valence-electron chi connectivity index (χ1n) is 3.75. The summed E-state index contributed by atoms with van der Waals surface area (Å²) in [5.41, 5.74) is -0.736. The quantitative estimate of drug-likeness (QED) is 0.647. The summed E-state index contributed by atoms with van der Waals surface area (Å²) in [5.74, 6) is 0.302. The van der Waals surface area contributed by atoms with Crippen molar-refractivity contribution in [1.29, 1.82) is 0 Å². The first kappa shape index (κ1) is 9.61. The molecule has 0 spiro atoms. The normalized spacial score (nSPS) is 20.1. The number of aliphatic hydroxyl groups is 1. The first-order chi connectivity index (χ1) is 5.55. The molecule has 0 atom stereocenters. The number of hydrogen-bond donors (Lipinski definition) is 1. The van der Waals surface area contributed by atoms with Crippen LogP contribution in [0.25, 0.3) is 0 Å². The summed E-state index contributed by atoms with van der Waals surface area (Å²) in [5, 5.41) is 9.28. The topological polar surface area (TPSA) is 49.8 Å². The zero-order valence-corrected chi connectivity index (χ0v) is 7.67. The van der Waals surface area contributed by atoms with Crippen molar-refractivity contribution < 1.29 is 14.6 Å². The molecule has 1 aliphatic heterocycles. The summed E-state index contributed by atoms with van der Waals surface area (Å²) in [4.78, 5) is 12.4. The molecule has 0 aliphatic carbocycles. The summed E-state index contributed by atoms with van der Waals surface area (Å²) < 4.78 is 4.73. The minimum Gasteiger partial charge on any atom is -0.448 e. The lowest BCUT2D eigenvalue weighted by Crippen LogP contribution is -2.61. The molecule has 1 fully saturated rings. The molecule has 4 nitrogen and oxygen atoms in total. The smallest absolute Gasteiger partial charge is 0.409 e. The molecule has 1 aliphatic rings. The molecule has 5 heteroatoms. The van der Waals surface area contributed by atoms with E-state index in [1.807, 2.05) is 0 Å². The predicted octanol–water partition coefficient (Wildman–Crippen LogP) is 0.428. The number of likely N-dealkylation sites (tertiary alicyclic amines) is 1. The molecule has 0 saturated carbocycles. The van der Waals surface area contributed by atoms with E-state index in [0.29, 0.717) is 19.0 Å². The van der Waals surface area contributed by atoms with Gasteiger partial charge in [0.15, 0.2) is 0 Å². The van der Waals surface area contributed by atoms with Gasteiger partial charge in [-0.15, -0.1) is 11.6 Å². The Hall–Kier alpha value is -0.480. The standard InChI is InChI=1S/C7H12ClNO3/c1-7(11)4-9(5-7)6(10)12-3-2-8/h11H,2-5H2,1H3. The molecule has 0 bridgehead atoms. The van der Waals surface area contributed by atoms with Crippen LogP contribution in [0.15, 0.2) is 0 Å². The van der Waals surface area contributed by atoms with Gasteiger partial charge in [-0.25, -0.2) is 4.79 Å². The summed E-state index contributed by atoms with van der Waals surface area (Å²) in [6.07, 6.45) is -0.401. The van der Waals surface area contributed by atoms with Crippen LogP contribution in [0.1, 0.15) is 6.92 Å². The van der Waals surface area contributed by atoms with Crippen molar-refractivity contribution in [3.8, 4) is 0 Å². The number of nitrogens with zero attached hydrogens (tertiary/aromatic N) is 1. The van der Waals surface area contributed by atoms with Crippen LogP contribution in [0.3, 0.4) is 0 Å². The molecule has 0 radical (unpaired) electrons. The summed E-state index contributed by atoms with van der Waals surface area (Å²) in [7, 11) is 0. The Labute approximate surface area is 76.1 Å². The number of halogens is 1. The molecule has 70 valence electrons. The van der Waals surface area contributed by atoms with Gasteiger partial charge in [-0.3, -0.25) is 0 Å². The van der Waals surface area contributed by atoms with E-state index < -0.39 is 11.7 Å². The predicted molar refractivity (Wildman–Crippen MR) is 44.3 cm³/mol. The molecule has 0 aromatic carbocycles. The number of hydrogen-bond acceptors (Lipinski definition) is 3. The molecule has 1 heterocycles. The van der Waals surface area contributed by atoms with Gasteiger partial charge in [-0.05, 0) is 6.92 Å². The molecule has 0 unspecified atom stereocenters. The van der Waals surface area contributed by atoms with Gasteiger partial charge in [-0.2, -0.15) is 0 Å². The highest BCUT2D eigenvalue weighted by Crippen LogP contribution is 2.20. The van der Waals surface area contributed by atoms with Crippen LogP contribution in [0.2, 0.25) is 0 Å². The fourth-order valence-electron chi connectivity index (χ4n) is 1.12. The van der Waals surface area contributed by atoms with Crippen molar-refractivity contribution in [2.45, 2.75) is 12.5 Å². The number of amides is 1. The number of carbonyl (C=O) groups is 1. The molecule has 0 aromatic heterocycles. The Balaban J connectivity index is 2.19. The minimum absolute atomic E-state index is 0.221. The van der Waals surface area contributed by atoms with E-state index in [2.05, 4.69) is 0 Å². The highest BCUT2D eigenvalue weighted by Gasteiger charge is 2.40. The maximum Gasteiger partial charge on any atom is 0.409 e. The van der Waals surface area contributed by atoms with E-state index in [4.69, 9.17) is 16.3 Å². The average Bonchev–Trinajstić information content (AvgIpc) is 1.95. The van der Waals surface area contributed by atoms with E-state index in [-0.39, 0.29) is 6.61 Å². The lowest BCUT2D eigenvalue weighted by atomic mass is 9.98. The van der Waals surface area contributed by atoms with E-state index in [1.54, 1.807) is 6.92 Å². The van der Waals surface area contributed by atoms with Gasteiger partial charge in [-0.1, -0.05) is 0 Å². The zero-order valence-electron chi connectivity index (χ0n) is 6.92. The zero-order chi connectivity index (χ0) is 9.19. The van der Waals surface area contributed by atoms with Crippen LogP contribution < -0.4 is 0 Å². The Morgan fingerprint density at radius 1 is 1.75 bits per heavy atom. The fourth-order valence-corrected chi connectivity index (χ4v) is 1.20. The van der Waals surface area contributed by atoms with Gasteiger partial charge >= 0.3 is 6.09 Å². The largest absolute Gasteiger partial charge is 0.448 e. The Kier molecular flexibility index (Phi) is 2.80. The number of carbonyl (C=O) groups excluding carboxylic acids is 1. The van der Waals surface area contributed by atoms with Crippen molar-refractivity contribution in [3.05, 3.63) is 0 Å². The van der Waals surface area contributed by atoms with Crippen molar-refractivity contribution in [2.75, 3.05) is 25.6 Å². The Bertz CT molecular complexity index is 175. The third-order valence-electron chi connectivity index (χ3n) is 1.62. The number of β-amino-alcohol motifs (C(OH)–C–C–N with tert-alkyl or cyclic N) is 1. The highest BCUT2D eigenvalue weighted by atomic mass is 35.5. The van der Waals surface area contributed by atoms with Crippen molar-refractivity contribution >= 4 is 17.7 Å². The lowest BCUT2D eigenvalue weighted by Gasteiger charge is -2.43. The average molecular weight is 194 g/mol. The van der Waals surface area contributed by atoms with Gasteiger partial charge in [0.25, 0.3) is 0 Å². The fraction of sp³-hybridized carbons (Fsp3) is 0.857. The lowest BCUT2D eigenvalue weighted by molar-refractivity contribution is -0.0744. The SMILES string of the molecule is CC1(O)CN(C(=O)OCCCl)C1. The third kappa shape index (κ3) is 2.25. The van der Waals surface area contributed by atoms with Crippen LogP contribution >= 0.6 is 11.6 Å². The molecule has 1 saturated heterocycles. The molecule has 1 rings (SSSR count). The van der Waals surface area contributed by atoms with Crippen LogP contribution in [0.4, 0.5) is 4.79 Å². The number of rotatable bonds is 2. The maximum absolute atomic E-state index is 11.0. The number of ether oxygens (including phenoxy) is 1. The monoisotopic (exact) mass is 193 g/mol. The summed E-state index contributed by atoms with van der Waals surface area (Å²) in [6.45, 7) is 2.58. The van der Waals surface area contributed by atoms with Gasteiger partial charge in [0.1, 0.15) is 6.61 Å². The van der Waals surface area contributed by atoms with E-state index in [0.717, 1.165) is 0 Å². The Morgan fingerprint density at radius 3 is 2.75 bits per heavy atom. The van der Waals surface area contributed by atoms with E-state index >= 15 is 0 Å².